The van der Waals surface area contributed by atoms with Crippen LogP contribution in [0.15, 0.2) is 24.3 Å². The SMILES string of the molecule is COc1ccc([C@@H](CC[NH3+])[C@H]2CCOC(C)(C)C2)cc1. The van der Waals surface area contributed by atoms with E-state index in [1.807, 2.05) is 0 Å². The number of hydrogen-bond donors (Lipinski definition) is 1. The zero-order valence-electron chi connectivity index (χ0n) is 13.0. The second-order valence-electron chi connectivity index (χ2n) is 6.38. The van der Waals surface area contributed by atoms with Gasteiger partial charge in [-0.2, -0.15) is 0 Å². The Bertz CT molecular complexity index is 414. The van der Waals surface area contributed by atoms with Gasteiger partial charge in [-0.3, -0.25) is 0 Å². The first-order chi connectivity index (χ1) is 9.55. The lowest BCUT2D eigenvalue weighted by Crippen LogP contribution is -2.51. The summed E-state index contributed by atoms with van der Waals surface area (Å²) in [4.78, 5) is 0. The van der Waals surface area contributed by atoms with E-state index in [1.54, 1.807) is 7.11 Å². The molecule has 0 unspecified atom stereocenters. The smallest absolute Gasteiger partial charge is 0.118 e. The maximum absolute atomic E-state index is 5.86. The number of benzene rings is 1. The molecule has 0 spiro atoms. The summed E-state index contributed by atoms with van der Waals surface area (Å²) in [5.74, 6) is 2.20. The Kier molecular flexibility index (Phi) is 5.06. The lowest BCUT2D eigenvalue weighted by molar-refractivity contribution is -0.369. The Morgan fingerprint density at radius 1 is 1.35 bits per heavy atom. The third kappa shape index (κ3) is 3.74. The molecule has 2 rings (SSSR count). The first-order valence-corrected chi connectivity index (χ1v) is 7.63. The van der Waals surface area contributed by atoms with Gasteiger partial charge in [0.1, 0.15) is 5.75 Å². The maximum Gasteiger partial charge on any atom is 0.118 e. The molecule has 0 amide bonds. The van der Waals surface area contributed by atoms with E-state index < -0.39 is 0 Å². The van der Waals surface area contributed by atoms with Gasteiger partial charge in [-0.15, -0.1) is 0 Å². The number of hydrogen-bond acceptors (Lipinski definition) is 2. The van der Waals surface area contributed by atoms with Crippen LogP contribution in [0.3, 0.4) is 0 Å². The monoisotopic (exact) mass is 278 g/mol. The van der Waals surface area contributed by atoms with E-state index in [1.165, 1.54) is 5.56 Å². The molecule has 1 aromatic rings. The highest BCUT2D eigenvalue weighted by Crippen LogP contribution is 2.39. The van der Waals surface area contributed by atoms with E-state index in [-0.39, 0.29) is 5.60 Å². The van der Waals surface area contributed by atoms with Crippen molar-refractivity contribution in [3.8, 4) is 5.75 Å². The summed E-state index contributed by atoms with van der Waals surface area (Å²) in [6, 6.07) is 8.55. The fourth-order valence-electron chi connectivity index (χ4n) is 3.37. The van der Waals surface area contributed by atoms with Gasteiger partial charge in [0.2, 0.25) is 0 Å². The molecule has 3 heteroatoms. The van der Waals surface area contributed by atoms with Crippen molar-refractivity contribution in [1.82, 2.24) is 0 Å². The van der Waals surface area contributed by atoms with Crippen molar-refractivity contribution in [2.24, 2.45) is 5.92 Å². The van der Waals surface area contributed by atoms with Gasteiger partial charge >= 0.3 is 0 Å². The first kappa shape index (κ1) is 15.3. The highest BCUT2D eigenvalue weighted by atomic mass is 16.5. The molecule has 112 valence electrons. The number of methoxy groups -OCH3 is 1. The lowest BCUT2D eigenvalue weighted by atomic mass is 9.75. The molecule has 1 aliphatic heterocycles. The Hall–Kier alpha value is -1.06. The van der Waals surface area contributed by atoms with E-state index in [4.69, 9.17) is 9.47 Å². The van der Waals surface area contributed by atoms with Crippen molar-refractivity contribution in [2.75, 3.05) is 20.3 Å². The van der Waals surface area contributed by atoms with Gasteiger partial charge in [0.15, 0.2) is 0 Å². The van der Waals surface area contributed by atoms with Crippen LogP contribution in [0, 0.1) is 5.92 Å². The molecule has 1 heterocycles. The second kappa shape index (κ2) is 6.59. The molecule has 0 radical (unpaired) electrons. The van der Waals surface area contributed by atoms with Gasteiger partial charge in [0, 0.05) is 13.0 Å². The number of quaternary nitrogens is 1. The third-order valence-electron chi connectivity index (χ3n) is 4.36. The van der Waals surface area contributed by atoms with Crippen LogP contribution in [-0.4, -0.2) is 25.9 Å². The average Bonchev–Trinajstić information content (AvgIpc) is 2.44. The molecule has 20 heavy (non-hydrogen) atoms. The van der Waals surface area contributed by atoms with Crippen molar-refractivity contribution < 1.29 is 15.2 Å². The van der Waals surface area contributed by atoms with Crippen LogP contribution in [0.25, 0.3) is 0 Å². The van der Waals surface area contributed by atoms with Crippen molar-refractivity contribution in [3.63, 3.8) is 0 Å². The van der Waals surface area contributed by atoms with E-state index >= 15 is 0 Å². The first-order valence-electron chi connectivity index (χ1n) is 7.63. The van der Waals surface area contributed by atoms with Gasteiger partial charge in [-0.05, 0) is 56.2 Å². The van der Waals surface area contributed by atoms with Crippen molar-refractivity contribution in [1.29, 1.82) is 0 Å². The third-order valence-corrected chi connectivity index (χ3v) is 4.36. The van der Waals surface area contributed by atoms with E-state index in [9.17, 15) is 0 Å². The van der Waals surface area contributed by atoms with Crippen LogP contribution in [0.1, 0.15) is 44.6 Å². The molecular weight excluding hydrogens is 250 g/mol. The van der Waals surface area contributed by atoms with Crippen molar-refractivity contribution in [2.45, 2.75) is 44.6 Å². The van der Waals surface area contributed by atoms with E-state index in [0.29, 0.717) is 11.8 Å². The number of ether oxygens (including phenoxy) is 2. The molecule has 1 aromatic carbocycles. The Morgan fingerprint density at radius 3 is 2.60 bits per heavy atom. The van der Waals surface area contributed by atoms with Gasteiger partial charge in [-0.25, -0.2) is 0 Å². The zero-order valence-corrected chi connectivity index (χ0v) is 13.0. The minimum atomic E-state index is 0.00874. The van der Waals surface area contributed by atoms with Crippen molar-refractivity contribution in [3.05, 3.63) is 29.8 Å². The Morgan fingerprint density at radius 2 is 2.05 bits per heavy atom. The van der Waals surface area contributed by atoms with Gasteiger partial charge in [-0.1, -0.05) is 12.1 Å². The molecule has 0 aliphatic carbocycles. The van der Waals surface area contributed by atoms with Crippen LogP contribution >= 0.6 is 0 Å². The van der Waals surface area contributed by atoms with Crippen LogP contribution in [-0.2, 0) is 4.74 Å². The number of rotatable bonds is 5. The molecule has 3 N–H and O–H groups in total. The van der Waals surface area contributed by atoms with Crippen LogP contribution in [0.5, 0.6) is 5.75 Å². The molecule has 0 aromatic heterocycles. The average molecular weight is 278 g/mol. The zero-order chi connectivity index (χ0) is 14.6. The fraction of sp³-hybridized carbons (Fsp3) is 0.647. The van der Waals surface area contributed by atoms with Gasteiger partial charge < -0.3 is 15.2 Å². The summed E-state index contributed by atoms with van der Waals surface area (Å²) in [5, 5.41) is 0. The van der Waals surface area contributed by atoms with E-state index in [0.717, 1.165) is 38.2 Å². The van der Waals surface area contributed by atoms with E-state index in [2.05, 4.69) is 43.8 Å². The molecule has 0 bridgehead atoms. The molecule has 2 atom stereocenters. The molecule has 1 aliphatic rings. The lowest BCUT2D eigenvalue weighted by Gasteiger charge is -2.39. The van der Waals surface area contributed by atoms with Crippen LogP contribution in [0.4, 0.5) is 0 Å². The van der Waals surface area contributed by atoms with Crippen LogP contribution < -0.4 is 10.5 Å². The Balaban J connectivity index is 2.16. The highest BCUT2D eigenvalue weighted by molar-refractivity contribution is 5.30. The summed E-state index contributed by atoms with van der Waals surface area (Å²) in [7, 11) is 1.71. The summed E-state index contributed by atoms with van der Waals surface area (Å²) in [6.45, 7) is 6.26. The molecular formula is C17H28NO2+. The largest absolute Gasteiger partial charge is 0.497 e. The van der Waals surface area contributed by atoms with Gasteiger partial charge in [0.25, 0.3) is 0 Å². The Labute approximate surface area is 122 Å². The predicted molar refractivity (Wildman–Crippen MR) is 80.9 cm³/mol. The van der Waals surface area contributed by atoms with Gasteiger partial charge in [0.05, 0.1) is 19.3 Å². The standard InChI is InChI=1S/C17H27NO2/c1-17(2)12-14(9-11-20-17)16(8-10-18)13-4-6-15(19-3)7-5-13/h4-7,14,16H,8-12,18H2,1-3H3/p+1/t14-,16+/m0/s1. The normalized spacial score (nSPS) is 23.3. The second-order valence-corrected chi connectivity index (χ2v) is 6.38. The van der Waals surface area contributed by atoms with Crippen molar-refractivity contribution >= 4 is 0 Å². The fourth-order valence-corrected chi connectivity index (χ4v) is 3.37. The summed E-state index contributed by atoms with van der Waals surface area (Å²) in [6.07, 6.45) is 3.43. The molecule has 0 saturated carbocycles. The highest BCUT2D eigenvalue weighted by Gasteiger charge is 2.34. The summed E-state index contributed by atoms with van der Waals surface area (Å²) >= 11 is 0. The maximum atomic E-state index is 5.86. The minimum Gasteiger partial charge on any atom is -0.497 e. The topological polar surface area (TPSA) is 46.1 Å². The molecule has 1 fully saturated rings. The quantitative estimate of drug-likeness (QED) is 0.900. The van der Waals surface area contributed by atoms with Crippen LogP contribution in [0.2, 0.25) is 0 Å². The molecule has 3 nitrogen and oxygen atoms in total. The molecule has 1 saturated heterocycles. The summed E-state index contributed by atoms with van der Waals surface area (Å²) < 4.78 is 11.1. The minimum absolute atomic E-state index is 0.00874. The predicted octanol–water partition coefficient (Wildman–Crippen LogP) is 2.62. The summed E-state index contributed by atoms with van der Waals surface area (Å²) in [5.41, 5.74) is 5.48.